The number of hydrogen-bond donors (Lipinski definition) is 1. The van der Waals surface area contributed by atoms with Gasteiger partial charge >= 0.3 is 0 Å². The van der Waals surface area contributed by atoms with Crippen molar-refractivity contribution in [3.63, 3.8) is 0 Å². The van der Waals surface area contributed by atoms with E-state index in [1.165, 1.54) is 0 Å². The number of carbonyl (C=O) groups is 1. The lowest BCUT2D eigenvalue weighted by Crippen LogP contribution is -2.38. The maximum Gasteiger partial charge on any atom is 0.220 e. The molecule has 1 aromatic heterocycles. The highest BCUT2D eigenvalue weighted by atomic mass is 16.1. The number of allylic oxidation sites excluding steroid dienone is 2. The number of ketones is 1. The molecule has 0 bridgehead atoms. The minimum Gasteiger partial charge on any atom is -0.368 e. The van der Waals surface area contributed by atoms with E-state index in [1.54, 1.807) is 6.20 Å². The van der Waals surface area contributed by atoms with Crippen LogP contribution in [0.15, 0.2) is 11.8 Å². The zero-order chi connectivity index (χ0) is 12.9. The van der Waals surface area contributed by atoms with Gasteiger partial charge in [0.25, 0.3) is 0 Å². The Morgan fingerprint density at radius 3 is 2.56 bits per heavy atom. The highest BCUT2D eigenvalue weighted by Crippen LogP contribution is 2.48. The quantitative estimate of drug-likeness (QED) is 0.758. The SMILES string of the molecule is CC1=C(C)c2cnc(N)nc2C2(CCCC2)C1=O. The van der Waals surface area contributed by atoms with Crippen molar-refractivity contribution in [1.29, 1.82) is 0 Å². The second-order valence-corrected chi connectivity index (χ2v) is 5.36. The molecule has 18 heavy (non-hydrogen) atoms. The van der Waals surface area contributed by atoms with Gasteiger partial charge in [0.05, 0.1) is 11.1 Å². The topological polar surface area (TPSA) is 68.9 Å². The van der Waals surface area contributed by atoms with Gasteiger partial charge in [-0.25, -0.2) is 9.97 Å². The molecule has 0 radical (unpaired) electrons. The fraction of sp³-hybridized carbons (Fsp3) is 0.500. The van der Waals surface area contributed by atoms with Gasteiger partial charge in [0.2, 0.25) is 5.95 Å². The van der Waals surface area contributed by atoms with Gasteiger partial charge in [0.15, 0.2) is 5.78 Å². The van der Waals surface area contributed by atoms with E-state index in [0.29, 0.717) is 0 Å². The first-order chi connectivity index (χ1) is 8.56. The Kier molecular flexibility index (Phi) is 2.30. The molecule has 4 heteroatoms. The molecule has 1 heterocycles. The molecule has 2 aliphatic carbocycles. The van der Waals surface area contributed by atoms with E-state index >= 15 is 0 Å². The average Bonchev–Trinajstić information content (AvgIpc) is 2.85. The van der Waals surface area contributed by atoms with Crippen LogP contribution in [-0.4, -0.2) is 15.8 Å². The van der Waals surface area contributed by atoms with Crippen molar-refractivity contribution in [3.8, 4) is 0 Å². The van der Waals surface area contributed by atoms with Crippen LogP contribution in [0.25, 0.3) is 5.57 Å². The lowest BCUT2D eigenvalue weighted by molar-refractivity contribution is -0.120. The van der Waals surface area contributed by atoms with Gasteiger partial charge in [0.1, 0.15) is 0 Å². The van der Waals surface area contributed by atoms with E-state index in [1.807, 2.05) is 13.8 Å². The van der Waals surface area contributed by atoms with Crippen molar-refractivity contribution >= 4 is 17.3 Å². The van der Waals surface area contributed by atoms with Crippen molar-refractivity contribution in [2.24, 2.45) is 0 Å². The van der Waals surface area contributed by atoms with Crippen LogP contribution >= 0.6 is 0 Å². The summed E-state index contributed by atoms with van der Waals surface area (Å²) in [4.78, 5) is 21.1. The normalized spacial score (nSPS) is 21.6. The van der Waals surface area contributed by atoms with E-state index in [9.17, 15) is 4.79 Å². The van der Waals surface area contributed by atoms with Crippen LogP contribution in [0.2, 0.25) is 0 Å². The van der Waals surface area contributed by atoms with Crippen LogP contribution < -0.4 is 5.73 Å². The van der Waals surface area contributed by atoms with Gasteiger partial charge in [-0.1, -0.05) is 12.8 Å². The summed E-state index contributed by atoms with van der Waals surface area (Å²) in [5.74, 6) is 0.503. The predicted octanol–water partition coefficient (Wildman–Crippen LogP) is 2.25. The molecular formula is C14H17N3O. The average molecular weight is 243 g/mol. The van der Waals surface area contributed by atoms with Crippen LogP contribution in [-0.2, 0) is 10.2 Å². The number of rotatable bonds is 0. The Hall–Kier alpha value is -1.71. The summed E-state index contributed by atoms with van der Waals surface area (Å²) in [6.45, 7) is 3.88. The van der Waals surface area contributed by atoms with E-state index < -0.39 is 5.41 Å². The van der Waals surface area contributed by atoms with Crippen LogP contribution in [0.4, 0.5) is 5.95 Å². The number of Topliss-reactive ketones (excluding diaryl/α,β-unsaturated/α-hetero) is 1. The zero-order valence-corrected chi connectivity index (χ0v) is 10.8. The van der Waals surface area contributed by atoms with Crippen molar-refractivity contribution < 1.29 is 4.79 Å². The molecule has 0 aliphatic heterocycles. The van der Waals surface area contributed by atoms with E-state index in [-0.39, 0.29) is 11.7 Å². The van der Waals surface area contributed by atoms with Gasteiger partial charge in [-0.15, -0.1) is 0 Å². The van der Waals surface area contributed by atoms with Gasteiger partial charge in [0, 0.05) is 11.8 Å². The smallest absolute Gasteiger partial charge is 0.220 e. The maximum atomic E-state index is 12.7. The summed E-state index contributed by atoms with van der Waals surface area (Å²) in [6, 6.07) is 0. The molecule has 4 nitrogen and oxygen atoms in total. The molecule has 2 aliphatic rings. The van der Waals surface area contributed by atoms with E-state index in [4.69, 9.17) is 5.73 Å². The molecule has 0 unspecified atom stereocenters. The largest absolute Gasteiger partial charge is 0.368 e. The van der Waals surface area contributed by atoms with E-state index in [0.717, 1.165) is 48.1 Å². The highest BCUT2D eigenvalue weighted by molar-refractivity contribution is 6.11. The molecule has 0 amide bonds. The van der Waals surface area contributed by atoms with Crippen LogP contribution in [0.3, 0.4) is 0 Å². The Morgan fingerprint density at radius 2 is 1.89 bits per heavy atom. The summed E-state index contributed by atoms with van der Waals surface area (Å²) in [6.07, 6.45) is 5.71. The third kappa shape index (κ3) is 1.29. The minimum absolute atomic E-state index is 0.239. The third-order valence-electron chi connectivity index (χ3n) is 4.46. The summed E-state index contributed by atoms with van der Waals surface area (Å²) in [5.41, 5.74) is 9.00. The Bertz CT molecular complexity index is 568. The van der Waals surface area contributed by atoms with Crippen molar-refractivity contribution in [3.05, 3.63) is 23.0 Å². The third-order valence-corrected chi connectivity index (χ3v) is 4.46. The number of anilines is 1. The summed E-state index contributed by atoms with van der Waals surface area (Å²) in [7, 11) is 0. The molecule has 0 atom stereocenters. The molecule has 1 spiro atoms. The summed E-state index contributed by atoms with van der Waals surface area (Å²) in [5, 5.41) is 0. The molecule has 1 aromatic rings. The molecular weight excluding hydrogens is 226 g/mol. The molecule has 1 saturated carbocycles. The fourth-order valence-electron chi connectivity index (χ4n) is 3.32. The number of aromatic nitrogens is 2. The lowest BCUT2D eigenvalue weighted by atomic mass is 9.69. The number of nitrogen functional groups attached to an aromatic ring is 1. The van der Waals surface area contributed by atoms with E-state index in [2.05, 4.69) is 9.97 Å². The standard InChI is InChI=1S/C14H17N3O/c1-8-9(2)12(18)14(5-3-4-6-14)11-10(8)7-16-13(15)17-11/h7H,3-6H2,1-2H3,(H2,15,16,17). The zero-order valence-electron chi connectivity index (χ0n) is 10.8. The molecule has 2 N–H and O–H groups in total. The first kappa shape index (κ1) is 11.4. The summed E-state index contributed by atoms with van der Waals surface area (Å²) < 4.78 is 0. The van der Waals surface area contributed by atoms with Crippen molar-refractivity contribution in [2.45, 2.75) is 44.9 Å². The number of fused-ring (bicyclic) bond motifs is 2. The Morgan fingerprint density at radius 1 is 1.22 bits per heavy atom. The van der Waals surface area contributed by atoms with Crippen LogP contribution in [0.1, 0.15) is 50.8 Å². The molecule has 0 saturated heterocycles. The van der Waals surface area contributed by atoms with Gasteiger partial charge < -0.3 is 5.73 Å². The fourth-order valence-corrected chi connectivity index (χ4v) is 3.32. The second kappa shape index (κ2) is 3.64. The number of nitrogens with zero attached hydrogens (tertiary/aromatic N) is 2. The molecule has 94 valence electrons. The first-order valence-electron chi connectivity index (χ1n) is 6.42. The lowest BCUT2D eigenvalue weighted by Gasteiger charge is -2.34. The van der Waals surface area contributed by atoms with Gasteiger partial charge in [-0.2, -0.15) is 0 Å². The molecule has 1 fully saturated rings. The van der Waals surface area contributed by atoms with Crippen LogP contribution in [0, 0.1) is 0 Å². The first-order valence-corrected chi connectivity index (χ1v) is 6.42. The summed E-state index contributed by atoms with van der Waals surface area (Å²) >= 11 is 0. The predicted molar refractivity (Wildman–Crippen MR) is 69.9 cm³/mol. The number of hydrogen-bond acceptors (Lipinski definition) is 4. The highest BCUT2D eigenvalue weighted by Gasteiger charge is 2.48. The Balaban J connectivity index is 2.32. The number of nitrogens with two attached hydrogens (primary N) is 1. The second-order valence-electron chi connectivity index (χ2n) is 5.36. The Labute approximate surface area is 106 Å². The number of carbonyl (C=O) groups excluding carboxylic acids is 1. The minimum atomic E-state index is -0.421. The van der Waals surface area contributed by atoms with Crippen molar-refractivity contribution in [2.75, 3.05) is 5.73 Å². The molecule has 3 rings (SSSR count). The monoisotopic (exact) mass is 243 g/mol. The maximum absolute atomic E-state index is 12.7. The van der Waals surface area contributed by atoms with Gasteiger partial charge in [-0.3, -0.25) is 4.79 Å². The van der Waals surface area contributed by atoms with Crippen molar-refractivity contribution in [1.82, 2.24) is 9.97 Å². The van der Waals surface area contributed by atoms with Gasteiger partial charge in [-0.05, 0) is 37.8 Å². The van der Waals surface area contributed by atoms with Crippen LogP contribution in [0.5, 0.6) is 0 Å². The molecule has 0 aromatic carbocycles.